The van der Waals surface area contributed by atoms with E-state index in [2.05, 4.69) is 10.2 Å². The van der Waals surface area contributed by atoms with Crippen molar-refractivity contribution in [2.75, 3.05) is 13.4 Å². The van der Waals surface area contributed by atoms with Crippen LogP contribution in [0.5, 0.6) is 5.75 Å². The van der Waals surface area contributed by atoms with Gasteiger partial charge in [0.2, 0.25) is 0 Å². The zero-order chi connectivity index (χ0) is 18.0. The minimum Gasteiger partial charge on any atom is -0.494 e. The molecule has 0 amide bonds. The number of ether oxygens (including phenoxy) is 1. The van der Waals surface area contributed by atoms with Crippen LogP contribution >= 0.6 is 0 Å². The molecule has 0 aliphatic heterocycles. The Balaban J connectivity index is 2.18. The van der Waals surface area contributed by atoms with Crippen LogP contribution in [0.4, 0.5) is 4.39 Å². The summed E-state index contributed by atoms with van der Waals surface area (Å²) in [4.78, 5) is 0.218. The van der Waals surface area contributed by atoms with Crippen molar-refractivity contribution >= 4 is 9.84 Å². The molecule has 0 N–H and O–H groups in total. The fourth-order valence-electron chi connectivity index (χ4n) is 2.48. The van der Waals surface area contributed by atoms with Gasteiger partial charge < -0.3 is 4.74 Å². The predicted octanol–water partition coefficient (Wildman–Crippen LogP) is 3.36. The van der Waals surface area contributed by atoms with Gasteiger partial charge in [-0.2, -0.15) is 5.10 Å². The smallest absolute Gasteiger partial charge is 0.175 e. The van der Waals surface area contributed by atoms with Crippen LogP contribution in [0.3, 0.4) is 0 Å². The number of methoxy groups -OCH3 is 1. The Kier molecular flexibility index (Phi) is 4.50. The van der Waals surface area contributed by atoms with Gasteiger partial charge in [-0.1, -0.05) is 24.3 Å². The van der Waals surface area contributed by atoms with E-state index < -0.39 is 9.84 Å². The van der Waals surface area contributed by atoms with Crippen LogP contribution in [0, 0.1) is 5.82 Å². The van der Waals surface area contributed by atoms with Crippen molar-refractivity contribution in [2.45, 2.75) is 4.90 Å². The predicted molar refractivity (Wildman–Crippen MR) is 92.5 cm³/mol. The number of aromatic nitrogens is 2. The lowest BCUT2D eigenvalue weighted by molar-refractivity contribution is 0.413. The van der Waals surface area contributed by atoms with Crippen molar-refractivity contribution in [3.63, 3.8) is 0 Å². The monoisotopic (exact) mass is 358 g/mol. The first-order valence-electron chi connectivity index (χ1n) is 7.36. The Hall–Kier alpha value is -2.80. The minimum atomic E-state index is -3.28. The molecule has 128 valence electrons. The maximum absolute atomic E-state index is 13.2. The average molecular weight is 358 g/mol. The average Bonchev–Trinajstić information content (AvgIpc) is 2.61. The first kappa shape index (κ1) is 17.0. The molecule has 1 heterocycles. The van der Waals surface area contributed by atoms with E-state index in [-0.39, 0.29) is 10.7 Å². The number of nitrogens with zero attached hydrogens (tertiary/aromatic N) is 2. The number of benzene rings is 2. The molecule has 0 spiro atoms. The highest BCUT2D eigenvalue weighted by molar-refractivity contribution is 7.90. The molecule has 0 aliphatic rings. The summed E-state index contributed by atoms with van der Waals surface area (Å²) in [6, 6.07) is 12.3. The molecule has 1 aromatic heterocycles. The third-order valence-corrected chi connectivity index (χ3v) is 4.85. The summed E-state index contributed by atoms with van der Waals surface area (Å²) in [5.74, 6) is 0.146. The molecule has 0 aliphatic carbocycles. The first-order valence-corrected chi connectivity index (χ1v) is 9.25. The van der Waals surface area contributed by atoms with Gasteiger partial charge in [-0.3, -0.25) is 0 Å². The van der Waals surface area contributed by atoms with Crippen molar-refractivity contribution < 1.29 is 17.5 Å². The largest absolute Gasteiger partial charge is 0.494 e. The van der Waals surface area contributed by atoms with Gasteiger partial charge in [-0.15, -0.1) is 5.10 Å². The lowest BCUT2D eigenvalue weighted by Gasteiger charge is -2.13. The number of hydrogen-bond acceptors (Lipinski definition) is 5. The molecule has 25 heavy (non-hydrogen) atoms. The van der Waals surface area contributed by atoms with E-state index in [1.54, 1.807) is 24.3 Å². The lowest BCUT2D eigenvalue weighted by atomic mass is 9.99. The van der Waals surface area contributed by atoms with Crippen LogP contribution < -0.4 is 4.74 Å². The molecular formula is C18H15FN2O3S. The van der Waals surface area contributed by atoms with Crippen molar-refractivity contribution in [3.05, 3.63) is 60.5 Å². The normalized spacial score (nSPS) is 11.3. The SMILES string of the molecule is COc1cnnc(-c2ccc(S(C)(=O)=O)cc2)c1-c1ccc(F)cc1. The molecule has 0 unspecified atom stereocenters. The van der Waals surface area contributed by atoms with E-state index in [1.165, 1.54) is 37.6 Å². The summed E-state index contributed by atoms with van der Waals surface area (Å²) in [5, 5.41) is 8.11. The quantitative estimate of drug-likeness (QED) is 0.715. The Labute approximate surface area is 145 Å². The summed E-state index contributed by atoms with van der Waals surface area (Å²) >= 11 is 0. The summed E-state index contributed by atoms with van der Waals surface area (Å²) in [6.45, 7) is 0. The molecule has 0 saturated heterocycles. The molecule has 5 nitrogen and oxygen atoms in total. The van der Waals surface area contributed by atoms with Gasteiger partial charge in [0.25, 0.3) is 0 Å². The van der Waals surface area contributed by atoms with Crippen LogP contribution in [0.1, 0.15) is 0 Å². The van der Waals surface area contributed by atoms with Crippen LogP contribution in [0.25, 0.3) is 22.4 Å². The number of rotatable bonds is 4. The zero-order valence-corrected chi connectivity index (χ0v) is 14.4. The van der Waals surface area contributed by atoms with Gasteiger partial charge in [-0.05, 0) is 29.8 Å². The molecule has 0 fully saturated rings. The Bertz CT molecular complexity index is 1000. The molecule has 3 rings (SSSR count). The van der Waals surface area contributed by atoms with Crippen molar-refractivity contribution in [1.29, 1.82) is 0 Å². The third-order valence-electron chi connectivity index (χ3n) is 3.72. The van der Waals surface area contributed by atoms with E-state index in [9.17, 15) is 12.8 Å². The molecular weight excluding hydrogens is 343 g/mol. The highest BCUT2D eigenvalue weighted by Gasteiger charge is 2.16. The molecule has 0 radical (unpaired) electrons. The van der Waals surface area contributed by atoms with E-state index in [0.29, 0.717) is 22.6 Å². The van der Waals surface area contributed by atoms with Gasteiger partial charge in [0, 0.05) is 11.8 Å². The summed E-state index contributed by atoms with van der Waals surface area (Å²) in [7, 11) is -1.77. The van der Waals surface area contributed by atoms with Gasteiger partial charge in [0.15, 0.2) is 9.84 Å². The first-order chi connectivity index (χ1) is 11.9. The van der Waals surface area contributed by atoms with Gasteiger partial charge >= 0.3 is 0 Å². The van der Waals surface area contributed by atoms with Crippen LogP contribution in [-0.4, -0.2) is 32.0 Å². The second-order valence-electron chi connectivity index (χ2n) is 5.44. The fourth-order valence-corrected chi connectivity index (χ4v) is 3.11. The van der Waals surface area contributed by atoms with Gasteiger partial charge in [-0.25, -0.2) is 12.8 Å². The highest BCUT2D eigenvalue weighted by Crippen LogP contribution is 2.37. The van der Waals surface area contributed by atoms with Crippen molar-refractivity contribution in [1.82, 2.24) is 10.2 Å². The van der Waals surface area contributed by atoms with E-state index in [1.807, 2.05) is 0 Å². The van der Waals surface area contributed by atoms with E-state index in [0.717, 1.165) is 11.8 Å². The number of halogens is 1. The van der Waals surface area contributed by atoms with Crippen LogP contribution in [-0.2, 0) is 9.84 Å². The van der Waals surface area contributed by atoms with Crippen molar-refractivity contribution in [3.8, 4) is 28.1 Å². The Morgan fingerprint density at radius 3 is 2.12 bits per heavy atom. The van der Waals surface area contributed by atoms with E-state index >= 15 is 0 Å². The van der Waals surface area contributed by atoms with Crippen LogP contribution in [0.2, 0.25) is 0 Å². The second-order valence-corrected chi connectivity index (χ2v) is 7.46. The highest BCUT2D eigenvalue weighted by atomic mass is 32.2. The summed E-state index contributed by atoms with van der Waals surface area (Å²) in [6.07, 6.45) is 2.63. The standard InChI is InChI=1S/C18H15FN2O3S/c1-24-16-11-20-21-18(17(16)12-3-7-14(19)8-4-12)13-5-9-15(10-6-13)25(2,22)23/h3-11H,1-2H3. The number of hydrogen-bond donors (Lipinski definition) is 0. The zero-order valence-electron chi connectivity index (χ0n) is 13.6. The van der Waals surface area contributed by atoms with Gasteiger partial charge in [0.05, 0.1) is 23.8 Å². The lowest BCUT2D eigenvalue weighted by Crippen LogP contribution is -1.99. The molecule has 7 heteroatoms. The topological polar surface area (TPSA) is 69.2 Å². The minimum absolute atomic E-state index is 0.218. The summed E-state index contributed by atoms with van der Waals surface area (Å²) in [5.41, 5.74) is 2.57. The third kappa shape index (κ3) is 3.51. The Morgan fingerprint density at radius 2 is 1.56 bits per heavy atom. The van der Waals surface area contributed by atoms with Crippen molar-refractivity contribution in [2.24, 2.45) is 0 Å². The molecule has 0 atom stereocenters. The molecule has 3 aromatic rings. The second kappa shape index (κ2) is 6.60. The maximum atomic E-state index is 13.2. The van der Waals surface area contributed by atoms with E-state index in [4.69, 9.17) is 4.74 Å². The summed E-state index contributed by atoms with van der Waals surface area (Å²) < 4.78 is 41.9. The number of sulfone groups is 1. The van der Waals surface area contributed by atoms with Gasteiger partial charge in [0.1, 0.15) is 17.3 Å². The Morgan fingerprint density at radius 1 is 0.960 bits per heavy atom. The molecule has 0 saturated carbocycles. The fraction of sp³-hybridized carbons (Fsp3) is 0.111. The maximum Gasteiger partial charge on any atom is 0.175 e. The molecule has 2 aromatic carbocycles. The molecule has 0 bridgehead atoms. The van der Waals surface area contributed by atoms with Crippen LogP contribution in [0.15, 0.2) is 59.6 Å².